The van der Waals surface area contributed by atoms with Crippen molar-refractivity contribution < 1.29 is 22.7 Å². The highest BCUT2D eigenvalue weighted by Crippen LogP contribution is 2.33. The van der Waals surface area contributed by atoms with Gasteiger partial charge in [0, 0.05) is 4.88 Å². The molecule has 0 fully saturated rings. The highest BCUT2D eigenvalue weighted by molar-refractivity contribution is 7.93. The van der Waals surface area contributed by atoms with E-state index >= 15 is 0 Å². The molecule has 1 N–H and O–H groups in total. The summed E-state index contributed by atoms with van der Waals surface area (Å²) in [5.74, 6) is 0.229. The van der Waals surface area contributed by atoms with E-state index in [0.29, 0.717) is 43.4 Å². The minimum atomic E-state index is -3.73. The van der Waals surface area contributed by atoms with Gasteiger partial charge in [-0.15, -0.1) is 11.3 Å². The molecule has 146 valence electrons. The van der Waals surface area contributed by atoms with Crippen molar-refractivity contribution in [3.63, 3.8) is 0 Å². The van der Waals surface area contributed by atoms with E-state index in [1.165, 1.54) is 23.5 Å². The largest absolute Gasteiger partial charge is 0.494 e. The van der Waals surface area contributed by atoms with Crippen LogP contribution in [0.3, 0.4) is 0 Å². The first-order valence-corrected chi connectivity index (χ1v) is 11.1. The smallest absolute Gasteiger partial charge is 0.309 e. The molecule has 3 rings (SSSR count). The normalized spacial score (nSPS) is 16.4. The van der Waals surface area contributed by atoms with E-state index in [-0.39, 0.29) is 16.8 Å². The minimum absolute atomic E-state index is 0.142. The fourth-order valence-corrected chi connectivity index (χ4v) is 5.26. The number of thiazole rings is 1. The van der Waals surface area contributed by atoms with Gasteiger partial charge >= 0.3 is 5.97 Å². The zero-order chi connectivity index (χ0) is 19.4. The Hall–Kier alpha value is -2.13. The number of sulfonamides is 1. The van der Waals surface area contributed by atoms with Crippen molar-refractivity contribution >= 4 is 32.5 Å². The van der Waals surface area contributed by atoms with Crippen LogP contribution in [-0.2, 0) is 32.4 Å². The topological polar surface area (TPSA) is 94.6 Å². The number of carbonyl (C=O) groups is 1. The summed E-state index contributed by atoms with van der Waals surface area (Å²) in [5.41, 5.74) is 0.852. The van der Waals surface area contributed by atoms with E-state index in [1.54, 1.807) is 19.1 Å². The van der Waals surface area contributed by atoms with Gasteiger partial charge in [-0.05, 0) is 57.4 Å². The highest BCUT2D eigenvalue weighted by Gasteiger charge is 2.29. The van der Waals surface area contributed by atoms with Crippen LogP contribution in [0.1, 0.15) is 30.8 Å². The maximum atomic E-state index is 12.6. The Morgan fingerprint density at radius 2 is 2.00 bits per heavy atom. The lowest BCUT2D eigenvalue weighted by Crippen LogP contribution is -2.24. The van der Waals surface area contributed by atoms with Gasteiger partial charge in [0.2, 0.25) is 0 Å². The second-order valence-corrected chi connectivity index (χ2v) is 8.86. The quantitative estimate of drug-likeness (QED) is 0.705. The maximum Gasteiger partial charge on any atom is 0.309 e. The van der Waals surface area contributed by atoms with Crippen LogP contribution in [0.4, 0.5) is 5.13 Å². The number of anilines is 1. The zero-order valence-corrected chi connectivity index (χ0v) is 16.9. The molecule has 1 aromatic carbocycles. The molecule has 9 heteroatoms. The van der Waals surface area contributed by atoms with E-state index in [1.807, 2.05) is 6.92 Å². The number of benzene rings is 1. The molecule has 1 aliphatic rings. The van der Waals surface area contributed by atoms with Crippen molar-refractivity contribution in [1.82, 2.24) is 4.98 Å². The molecule has 0 saturated carbocycles. The van der Waals surface area contributed by atoms with E-state index < -0.39 is 10.0 Å². The Balaban J connectivity index is 1.72. The van der Waals surface area contributed by atoms with Gasteiger partial charge in [0.25, 0.3) is 10.0 Å². The van der Waals surface area contributed by atoms with Crippen LogP contribution >= 0.6 is 11.3 Å². The van der Waals surface area contributed by atoms with Crippen LogP contribution in [0.15, 0.2) is 29.2 Å². The average Bonchev–Trinajstić information content (AvgIpc) is 3.03. The number of nitrogens with one attached hydrogen (secondary N) is 1. The fraction of sp³-hybridized carbons (Fsp3) is 0.444. The molecule has 1 heterocycles. The van der Waals surface area contributed by atoms with Crippen molar-refractivity contribution in [3.8, 4) is 5.75 Å². The van der Waals surface area contributed by atoms with Gasteiger partial charge in [-0.3, -0.25) is 9.52 Å². The van der Waals surface area contributed by atoms with Gasteiger partial charge in [-0.1, -0.05) is 0 Å². The summed E-state index contributed by atoms with van der Waals surface area (Å²) >= 11 is 1.27. The van der Waals surface area contributed by atoms with Crippen molar-refractivity contribution in [2.24, 2.45) is 5.92 Å². The molecule has 1 atom stereocenters. The number of aromatic nitrogens is 1. The first-order valence-electron chi connectivity index (χ1n) is 8.83. The molecule has 1 aromatic heterocycles. The monoisotopic (exact) mass is 410 g/mol. The summed E-state index contributed by atoms with van der Waals surface area (Å²) in [4.78, 5) is 17.4. The number of rotatable bonds is 7. The number of ether oxygens (including phenoxy) is 2. The average molecular weight is 411 g/mol. The number of hydrogen-bond donors (Lipinski definition) is 1. The molecule has 2 aromatic rings. The molecular formula is C18H22N2O5S2. The van der Waals surface area contributed by atoms with Gasteiger partial charge in [-0.2, -0.15) is 0 Å². The van der Waals surface area contributed by atoms with Crippen molar-refractivity contribution in [2.75, 3.05) is 17.9 Å². The number of aryl methyl sites for hydroxylation is 1. The van der Waals surface area contributed by atoms with E-state index in [4.69, 9.17) is 9.47 Å². The van der Waals surface area contributed by atoms with Gasteiger partial charge in [0.15, 0.2) is 5.13 Å². The maximum absolute atomic E-state index is 12.6. The number of fused-ring (bicyclic) bond motifs is 1. The lowest BCUT2D eigenvalue weighted by Gasteiger charge is -2.18. The fourth-order valence-electron chi connectivity index (χ4n) is 2.94. The molecule has 0 amide bonds. The summed E-state index contributed by atoms with van der Waals surface area (Å²) < 4.78 is 38.1. The Morgan fingerprint density at radius 3 is 2.67 bits per heavy atom. The highest BCUT2D eigenvalue weighted by atomic mass is 32.2. The Kier molecular flexibility index (Phi) is 6.01. The summed E-state index contributed by atoms with van der Waals surface area (Å²) in [6.07, 6.45) is 1.84. The molecule has 0 spiro atoms. The van der Waals surface area contributed by atoms with Gasteiger partial charge in [0.1, 0.15) is 5.75 Å². The summed E-state index contributed by atoms with van der Waals surface area (Å²) in [6.45, 7) is 4.52. The van der Waals surface area contributed by atoms with Gasteiger partial charge in [0.05, 0.1) is 29.7 Å². The molecule has 27 heavy (non-hydrogen) atoms. The van der Waals surface area contributed by atoms with E-state index in [0.717, 1.165) is 10.6 Å². The number of carbonyl (C=O) groups excluding carboxylic acids is 1. The van der Waals surface area contributed by atoms with Crippen molar-refractivity contribution in [1.29, 1.82) is 0 Å². The Bertz CT molecular complexity index is 906. The first kappa shape index (κ1) is 19.6. The van der Waals surface area contributed by atoms with Crippen molar-refractivity contribution in [3.05, 3.63) is 34.8 Å². The number of nitrogens with zero attached hydrogens (tertiary/aromatic N) is 1. The molecule has 1 aliphatic carbocycles. The lowest BCUT2D eigenvalue weighted by atomic mass is 9.91. The van der Waals surface area contributed by atoms with Crippen LogP contribution in [0, 0.1) is 5.92 Å². The van der Waals surface area contributed by atoms with Crippen LogP contribution in [0.5, 0.6) is 5.75 Å². The third kappa shape index (κ3) is 4.59. The van der Waals surface area contributed by atoms with Crippen LogP contribution in [-0.4, -0.2) is 32.6 Å². The van der Waals surface area contributed by atoms with Crippen LogP contribution in [0.25, 0.3) is 0 Å². The molecule has 1 unspecified atom stereocenters. The summed E-state index contributed by atoms with van der Waals surface area (Å²) in [7, 11) is -3.73. The number of esters is 1. The van der Waals surface area contributed by atoms with Crippen LogP contribution < -0.4 is 9.46 Å². The summed E-state index contributed by atoms with van der Waals surface area (Å²) in [6, 6.07) is 6.24. The third-order valence-electron chi connectivity index (χ3n) is 4.23. The zero-order valence-electron chi connectivity index (χ0n) is 15.2. The summed E-state index contributed by atoms with van der Waals surface area (Å²) in [5, 5.41) is 0.318. The molecule has 0 radical (unpaired) electrons. The second-order valence-electron chi connectivity index (χ2n) is 6.09. The molecule has 0 saturated heterocycles. The lowest BCUT2D eigenvalue weighted by molar-refractivity contribution is -0.148. The minimum Gasteiger partial charge on any atom is -0.494 e. The first-order chi connectivity index (χ1) is 12.9. The van der Waals surface area contributed by atoms with E-state index in [2.05, 4.69) is 9.71 Å². The predicted octanol–water partition coefficient (Wildman–Crippen LogP) is 3.01. The van der Waals surface area contributed by atoms with E-state index in [9.17, 15) is 13.2 Å². The van der Waals surface area contributed by atoms with Crippen LogP contribution in [0.2, 0.25) is 0 Å². The van der Waals surface area contributed by atoms with Gasteiger partial charge < -0.3 is 9.47 Å². The SMILES string of the molecule is CCOC(=O)C1CCc2nc(NS(=O)(=O)c3ccc(OCC)cc3)sc2C1. The Labute approximate surface area is 162 Å². The van der Waals surface area contributed by atoms with Gasteiger partial charge in [-0.25, -0.2) is 13.4 Å². The molecule has 7 nitrogen and oxygen atoms in total. The predicted molar refractivity (Wildman–Crippen MR) is 103 cm³/mol. The van der Waals surface area contributed by atoms with Crippen molar-refractivity contribution in [2.45, 2.75) is 38.0 Å². The second kappa shape index (κ2) is 8.26. The third-order valence-corrected chi connectivity index (χ3v) is 6.75. The molecular weight excluding hydrogens is 388 g/mol. The molecule has 0 aliphatic heterocycles. The molecule has 0 bridgehead atoms. The standard InChI is InChI=1S/C18H22N2O5S2/c1-3-24-13-6-8-14(9-7-13)27(22,23)20-18-19-15-10-5-12(11-16(15)26-18)17(21)25-4-2/h6-9,12H,3-5,10-11H2,1-2H3,(H,19,20). The Morgan fingerprint density at radius 1 is 1.26 bits per heavy atom. The number of hydrogen-bond acceptors (Lipinski definition) is 7.